The quantitative estimate of drug-likeness (QED) is 0.866. The highest BCUT2D eigenvalue weighted by Gasteiger charge is 2.15. The number of hydrogen-bond donors (Lipinski definition) is 2. The summed E-state index contributed by atoms with van der Waals surface area (Å²) in [6.45, 7) is 0. The van der Waals surface area contributed by atoms with Gasteiger partial charge in [0.05, 0.1) is 10.5 Å². The Bertz CT molecular complexity index is 792. The first-order valence-electron chi connectivity index (χ1n) is 5.66. The van der Waals surface area contributed by atoms with E-state index in [-0.39, 0.29) is 10.5 Å². The highest BCUT2D eigenvalue weighted by molar-refractivity contribution is 9.10. The molecule has 1 amide bonds. The molecule has 110 valence electrons. The maximum Gasteiger partial charge on any atom is 0.256 e. The summed E-state index contributed by atoms with van der Waals surface area (Å²) >= 11 is 3.17. The molecule has 0 saturated heterocycles. The van der Waals surface area contributed by atoms with Crippen molar-refractivity contribution in [3.63, 3.8) is 0 Å². The van der Waals surface area contributed by atoms with Gasteiger partial charge in [0.25, 0.3) is 5.91 Å². The van der Waals surface area contributed by atoms with Gasteiger partial charge in [0.15, 0.2) is 0 Å². The zero-order valence-electron chi connectivity index (χ0n) is 10.5. The van der Waals surface area contributed by atoms with E-state index < -0.39 is 21.7 Å². The first kappa shape index (κ1) is 15.6. The highest BCUT2D eigenvalue weighted by Crippen LogP contribution is 2.22. The largest absolute Gasteiger partial charge is 0.322 e. The Morgan fingerprint density at radius 3 is 2.33 bits per heavy atom. The van der Waals surface area contributed by atoms with Crippen LogP contribution in [0.3, 0.4) is 0 Å². The van der Waals surface area contributed by atoms with Gasteiger partial charge >= 0.3 is 0 Å². The van der Waals surface area contributed by atoms with E-state index in [0.29, 0.717) is 10.2 Å². The van der Waals surface area contributed by atoms with Gasteiger partial charge in [-0.1, -0.05) is 0 Å². The van der Waals surface area contributed by atoms with Crippen molar-refractivity contribution in [3.05, 3.63) is 58.3 Å². The normalized spacial score (nSPS) is 11.2. The Kier molecular flexibility index (Phi) is 4.40. The Morgan fingerprint density at radius 2 is 1.76 bits per heavy atom. The Morgan fingerprint density at radius 1 is 1.14 bits per heavy atom. The van der Waals surface area contributed by atoms with E-state index >= 15 is 0 Å². The average molecular weight is 373 g/mol. The molecule has 0 spiro atoms. The van der Waals surface area contributed by atoms with Crippen molar-refractivity contribution in [2.24, 2.45) is 5.14 Å². The lowest BCUT2D eigenvalue weighted by Gasteiger charge is -2.08. The summed E-state index contributed by atoms with van der Waals surface area (Å²) < 4.78 is 35.8. The molecule has 0 bridgehead atoms. The lowest BCUT2D eigenvalue weighted by Crippen LogP contribution is -2.16. The highest BCUT2D eigenvalue weighted by atomic mass is 79.9. The maximum atomic E-state index is 12.8. The molecule has 0 atom stereocenters. The third-order valence-corrected chi connectivity index (χ3v) is 4.22. The van der Waals surface area contributed by atoms with Gasteiger partial charge in [-0.15, -0.1) is 0 Å². The minimum absolute atomic E-state index is 0.103. The summed E-state index contributed by atoms with van der Waals surface area (Å²) in [5.41, 5.74) is 0.486. The number of halogens is 2. The number of amides is 1. The monoisotopic (exact) mass is 372 g/mol. The van der Waals surface area contributed by atoms with Gasteiger partial charge in [0.1, 0.15) is 5.82 Å². The first-order valence-corrected chi connectivity index (χ1v) is 8.00. The molecular weight excluding hydrogens is 363 g/mol. The SMILES string of the molecule is NS(=O)(=O)c1ccc(Br)c(C(=O)Nc2ccc(F)cc2)c1. The van der Waals surface area contributed by atoms with Crippen molar-refractivity contribution in [1.82, 2.24) is 0 Å². The Labute approximate surface area is 129 Å². The van der Waals surface area contributed by atoms with Crippen LogP contribution in [-0.4, -0.2) is 14.3 Å². The molecule has 0 aromatic heterocycles. The smallest absolute Gasteiger partial charge is 0.256 e. The third-order valence-electron chi connectivity index (χ3n) is 2.61. The van der Waals surface area contributed by atoms with Crippen LogP contribution in [0.25, 0.3) is 0 Å². The first-order chi connectivity index (χ1) is 9.77. The molecule has 5 nitrogen and oxygen atoms in total. The fraction of sp³-hybridized carbons (Fsp3) is 0. The molecule has 0 unspecified atom stereocenters. The molecule has 2 aromatic rings. The van der Waals surface area contributed by atoms with Crippen LogP contribution >= 0.6 is 15.9 Å². The van der Waals surface area contributed by atoms with Gasteiger partial charge in [-0.3, -0.25) is 4.79 Å². The van der Waals surface area contributed by atoms with Crippen LogP contribution in [0.5, 0.6) is 0 Å². The number of hydrogen-bond acceptors (Lipinski definition) is 3. The van der Waals surface area contributed by atoms with Crippen molar-refractivity contribution >= 4 is 37.5 Å². The van der Waals surface area contributed by atoms with E-state index in [9.17, 15) is 17.6 Å². The van der Waals surface area contributed by atoms with E-state index in [0.717, 1.165) is 6.07 Å². The van der Waals surface area contributed by atoms with E-state index in [2.05, 4.69) is 21.2 Å². The minimum Gasteiger partial charge on any atom is -0.322 e. The van der Waals surface area contributed by atoms with Gasteiger partial charge in [-0.2, -0.15) is 0 Å². The van der Waals surface area contributed by atoms with Crippen molar-refractivity contribution in [2.75, 3.05) is 5.32 Å². The second-order valence-electron chi connectivity index (χ2n) is 4.15. The molecular formula is C13H10BrFN2O3S. The number of sulfonamides is 1. The van der Waals surface area contributed by atoms with Crippen LogP contribution in [0.4, 0.5) is 10.1 Å². The predicted molar refractivity (Wildman–Crippen MR) is 79.9 cm³/mol. The van der Waals surface area contributed by atoms with E-state index in [1.807, 2.05) is 0 Å². The van der Waals surface area contributed by atoms with Crippen LogP contribution in [-0.2, 0) is 10.0 Å². The Balaban J connectivity index is 2.32. The van der Waals surface area contributed by atoms with Crippen LogP contribution in [0, 0.1) is 5.82 Å². The summed E-state index contributed by atoms with van der Waals surface area (Å²) in [5.74, 6) is -0.968. The molecule has 21 heavy (non-hydrogen) atoms. The van der Waals surface area contributed by atoms with Crippen LogP contribution in [0.15, 0.2) is 51.8 Å². The molecule has 8 heteroatoms. The fourth-order valence-electron chi connectivity index (χ4n) is 1.59. The zero-order chi connectivity index (χ0) is 15.6. The summed E-state index contributed by atoms with van der Waals surface area (Å²) in [5, 5.41) is 7.56. The summed E-state index contributed by atoms with van der Waals surface area (Å²) in [6, 6.07) is 9.05. The summed E-state index contributed by atoms with van der Waals surface area (Å²) in [6.07, 6.45) is 0. The van der Waals surface area contributed by atoms with Gasteiger partial charge < -0.3 is 5.32 Å². The number of primary sulfonamides is 1. The number of carbonyl (C=O) groups excluding carboxylic acids is 1. The summed E-state index contributed by atoms with van der Waals surface area (Å²) in [7, 11) is -3.90. The number of carbonyl (C=O) groups is 1. The van der Waals surface area contributed by atoms with Gasteiger partial charge in [0, 0.05) is 10.2 Å². The molecule has 0 fully saturated rings. The zero-order valence-corrected chi connectivity index (χ0v) is 12.9. The molecule has 3 N–H and O–H groups in total. The molecule has 2 rings (SSSR count). The van der Waals surface area contributed by atoms with Crippen LogP contribution in [0.2, 0.25) is 0 Å². The molecule has 0 aliphatic heterocycles. The second kappa shape index (κ2) is 5.92. The van der Waals surface area contributed by atoms with E-state index in [4.69, 9.17) is 5.14 Å². The topological polar surface area (TPSA) is 89.3 Å². The number of nitrogens with two attached hydrogens (primary N) is 1. The molecule has 0 heterocycles. The molecule has 2 aromatic carbocycles. The molecule has 0 saturated carbocycles. The summed E-state index contributed by atoms with van der Waals surface area (Å²) in [4.78, 5) is 12.0. The maximum absolute atomic E-state index is 12.8. The predicted octanol–water partition coefficient (Wildman–Crippen LogP) is 2.49. The van der Waals surface area contributed by atoms with Crippen LogP contribution < -0.4 is 10.5 Å². The number of anilines is 1. The number of benzene rings is 2. The van der Waals surface area contributed by atoms with Crippen LogP contribution in [0.1, 0.15) is 10.4 Å². The van der Waals surface area contributed by atoms with E-state index in [1.54, 1.807) is 0 Å². The lowest BCUT2D eigenvalue weighted by molar-refractivity contribution is 0.102. The average Bonchev–Trinajstić information content (AvgIpc) is 2.40. The molecule has 0 aliphatic carbocycles. The van der Waals surface area contributed by atoms with Crippen molar-refractivity contribution in [1.29, 1.82) is 0 Å². The van der Waals surface area contributed by atoms with Crippen molar-refractivity contribution in [3.8, 4) is 0 Å². The molecule has 0 radical (unpaired) electrons. The van der Waals surface area contributed by atoms with Crippen molar-refractivity contribution < 1.29 is 17.6 Å². The number of nitrogens with one attached hydrogen (secondary N) is 1. The van der Waals surface area contributed by atoms with Crippen molar-refractivity contribution in [2.45, 2.75) is 4.90 Å². The van der Waals surface area contributed by atoms with E-state index in [1.165, 1.54) is 36.4 Å². The minimum atomic E-state index is -3.90. The lowest BCUT2D eigenvalue weighted by atomic mass is 10.2. The second-order valence-corrected chi connectivity index (χ2v) is 6.56. The third kappa shape index (κ3) is 3.87. The van der Waals surface area contributed by atoms with Gasteiger partial charge in [-0.05, 0) is 58.4 Å². The Hall–Kier alpha value is -1.77. The molecule has 0 aliphatic rings. The van der Waals surface area contributed by atoms with Gasteiger partial charge in [-0.25, -0.2) is 17.9 Å². The number of rotatable bonds is 3. The fourth-order valence-corrected chi connectivity index (χ4v) is 2.55. The van der Waals surface area contributed by atoms with Gasteiger partial charge in [0.2, 0.25) is 10.0 Å². The standard InChI is InChI=1S/C13H10BrFN2O3S/c14-12-6-5-10(21(16,19)20)7-11(12)13(18)17-9-3-1-8(15)2-4-9/h1-7H,(H,17,18)(H2,16,19,20).